The molecule has 2 fully saturated rings. The fourth-order valence-electron chi connectivity index (χ4n) is 2.40. The van der Waals surface area contributed by atoms with Crippen LogP contribution in [0, 0.1) is 11.8 Å². The topological polar surface area (TPSA) is 46.5 Å². The highest BCUT2D eigenvalue weighted by Gasteiger charge is 2.43. The first kappa shape index (κ1) is 8.05. The van der Waals surface area contributed by atoms with E-state index in [9.17, 15) is 9.90 Å². The molecule has 2 aliphatic rings. The first-order valence-corrected chi connectivity index (χ1v) is 4.54. The minimum atomic E-state index is -0.426. The van der Waals surface area contributed by atoms with Crippen molar-refractivity contribution in [3.63, 3.8) is 0 Å². The number of hydrogen-bond donors (Lipinski definition) is 1. The summed E-state index contributed by atoms with van der Waals surface area (Å²) in [6.45, 7) is 2.11. The zero-order chi connectivity index (χ0) is 8.72. The van der Waals surface area contributed by atoms with E-state index in [1.165, 1.54) is 0 Å². The first-order valence-electron chi connectivity index (χ1n) is 4.54. The lowest BCUT2D eigenvalue weighted by Gasteiger charge is -2.31. The summed E-state index contributed by atoms with van der Waals surface area (Å²) < 4.78 is 5.04. The second-order valence-electron chi connectivity index (χ2n) is 4.06. The maximum absolute atomic E-state index is 10.9. The molecule has 4 atom stereocenters. The van der Waals surface area contributed by atoms with Gasteiger partial charge in [0.25, 0.3) is 0 Å². The van der Waals surface area contributed by atoms with Gasteiger partial charge in [0.05, 0.1) is 12.5 Å². The molecule has 1 N–H and O–H groups in total. The number of hydrogen-bond acceptors (Lipinski definition) is 3. The number of carbonyl (C=O) groups excluding carboxylic acids is 1. The van der Waals surface area contributed by atoms with Crippen molar-refractivity contribution in [1.29, 1.82) is 0 Å². The summed E-state index contributed by atoms with van der Waals surface area (Å²) >= 11 is 0. The molecule has 1 saturated heterocycles. The van der Waals surface area contributed by atoms with Crippen molar-refractivity contribution >= 4 is 5.97 Å². The summed E-state index contributed by atoms with van der Waals surface area (Å²) in [7, 11) is 0. The Morgan fingerprint density at radius 2 is 2.25 bits per heavy atom. The average molecular weight is 170 g/mol. The average Bonchev–Trinajstić information content (AvgIpc) is 2.29. The Labute approximate surface area is 71.7 Å². The Balaban J connectivity index is 2.10. The molecule has 0 radical (unpaired) electrons. The van der Waals surface area contributed by atoms with E-state index in [0.717, 1.165) is 12.8 Å². The number of aliphatic hydroxyl groups excluding tert-OH is 1. The Hall–Kier alpha value is -0.570. The molecule has 1 saturated carbocycles. The number of rotatable bonds is 0. The van der Waals surface area contributed by atoms with E-state index in [1.807, 2.05) is 0 Å². The van der Waals surface area contributed by atoms with Crippen molar-refractivity contribution in [2.24, 2.45) is 11.8 Å². The van der Waals surface area contributed by atoms with E-state index in [4.69, 9.17) is 4.74 Å². The molecule has 2 rings (SSSR count). The van der Waals surface area contributed by atoms with Crippen molar-refractivity contribution in [1.82, 2.24) is 0 Å². The number of ether oxygens (including phenoxy) is 1. The second kappa shape index (κ2) is 2.73. The smallest absolute Gasteiger partial charge is 0.306 e. The summed E-state index contributed by atoms with van der Waals surface area (Å²) in [6, 6.07) is 0. The summed E-state index contributed by atoms with van der Waals surface area (Å²) in [5.41, 5.74) is 0. The van der Waals surface area contributed by atoms with Gasteiger partial charge in [-0.1, -0.05) is 6.92 Å². The zero-order valence-corrected chi connectivity index (χ0v) is 7.19. The van der Waals surface area contributed by atoms with Gasteiger partial charge in [-0.2, -0.15) is 0 Å². The van der Waals surface area contributed by atoms with Crippen molar-refractivity contribution in [3.05, 3.63) is 0 Å². The van der Waals surface area contributed by atoms with Gasteiger partial charge in [-0.25, -0.2) is 0 Å². The van der Waals surface area contributed by atoms with Gasteiger partial charge in [-0.15, -0.1) is 0 Å². The molecular weight excluding hydrogens is 156 g/mol. The molecular formula is C9H14O3. The molecule has 0 bridgehead atoms. The predicted octanol–water partition coefficient (Wildman–Crippen LogP) is 0.709. The van der Waals surface area contributed by atoms with Crippen LogP contribution in [-0.2, 0) is 9.53 Å². The Morgan fingerprint density at radius 1 is 1.50 bits per heavy atom. The monoisotopic (exact) mass is 170 g/mol. The lowest BCUT2D eigenvalue weighted by atomic mass is 9.78. The minimum absolute atomic E-state index is 0.141. The second-order valence-corrected chi connectivity index (χ2v) is 4.06. The van der Waals surface area contributed by atoms with Crippen LogP contribution in [0.25, 0.3) is 0 Å². The molecule has 0 spiro atoms. The molecule has 1 aliphatic heterocycles. The molecule has 1 heterocycles. The first-order chi connectivity index (χ1) is 5.66. The lowest BCUT2D eigenvalue weighted by molar-refractivity contribution is -0.147. The summed E-state index contributed by atoms with van der Waals surface area (Å²) in [6.07, 6.45) is 1.67. The van der Waals surface area contributed by atoms with Gasteiger partial charge in [0.2, 0.25) is 0 Å². The molecule has 68 valence electrons. The molecule has 12 heavy (non-hydrogen) atoms. The standard InChI is InChI=1S/C9H14O3/c1-5-2-6-4-8(11)12-9(6)7(10)3-5/h5-7,9-10H,2-4H2,1H3/t5-,6+,7+,9-/m0/s1. The maximum Gasteiger partial charge on any atom is 0.306 e. The third-order valence-electron chi connectivity index (χ3n) is 2.89. The SMILES string of the molecule is C[C@H]1C[C@@H]2CC(=O)O[C@@H]2[C@H](O)C1. The van der Waals surface area contributed by atoms with Crippen molar-refractivity contribution in [2.45, 2.75) is 38.4 Å². The fourth-order valence-corrected chi connectivity index (χ4v) is 2.40. The zero-order valence-electron chi connectivity index (χ0n) is 7.19. The largest absolute Gasteiger partial charge is 0.459 e. The minimum Gasteiger partial charge on any atom is -0.459 e. The lowest BCUT2D eigenvalue weighted by Crippen LogP contribution is -2.38. The van der Waals surface area contributed by atoms with E-state index in [1.54, 1.807) is 0 Å². The van der Waals surface area contributed by atoms with Gasteiger partial charge < -0.3 is 9.84 Å². The normalized spacial score (nSPS) is 47.0. The van der Waals surface area contributed by atoms with E-state index < -0.39 is 6.10 Å². The van der Waals surface area contributed by atoms with Crippen LogP contribution in [0.1, 0.15) is 26.2 Å². The number of esters is 1. The molecule has 0 unspecified atom stereocenters. The van der Waals surface area contributed by atoms with Crippen LogP contribution in [0.2, 0.25) is 0 Å². The van der Waals surface area contributed by atoms with Gasteiger partial charge in [-0.05, 0) is 18.8 Å². The molecule has 0 aromatic rings. The Kier molecular flexibility index (Phi) is 1.83. The number of fused-ring (bicyclic) bond motifs is 1. The molecule has 1 aliphatic carbocycles. The quantitative estimate of drug-likeness (QED) is 0.544. The molecule has 0 aromatic carbocycles. The van der Waals surface area contributed by atoms with E-state index >= 15 is 0 Å². The highest BCUT2D eigenvalue weighted by atomic mass is 16.6. The summed E-state index contributed by atoms with van der Waals surface area (Å²) in [4.78, 5) is 10.9. The Morgan fingerprint density at radius 3 is 3.00 bits per heavy atom. The van der Waals surface area contributed by atoms with Crippen molar-refractivity contribution in [3.8, 4) is 0 Å². The van der Waals surface area contributed by atoms with Gasteiger partial charge in [0.1, 0.15) is 6.10 Å². The molecule has 0 amide bonds. The van der Waals surface area contributed by atoms with Crippen LogP contribution >= 0.6 is 0 Å². The molecule has 3 heteroatoms. The third-order valence-corrected chi connectivity index (χ3v) is 2.89. The fraction of sp³-hybridized carbons (Fsp3) is 0.889. The van der Waals surface area contributed by atoms with Crippen LogP contribution in [-0.4, -0.2) is 23.3 Å². The van der Waals surface area contributed by atoms with Crippen LogP contribution < -0.4 is 0 Å². The van der Waals surface area contributed by atoms with Crippen LogP contribution in [0.15, 0.2) is 0 Å². The van der Waals surface area contributed by atoms with E-state index in [-0.39, 0.29) is 18.0 Å². The van der Waals surface area contributed by atoms with Crippen LogP contribution in [0.4, 0.5) is 0 Å². The summed E-state index contributed by atoms with van der Waals surface area (Å²) in [5, 5.41) is 9.59. The van der Waals surface area contributed by atoms with Crippen LogP contribution in [0.5, 0.6) is 0 Å². The van der Waals surface area contributed by atoms with Crippen LogP contribution in [0.3, 0.4) is 0 Å². The van der Waals surface area contributed by atoms with Gasteiger partial charge in [-0.3, -0.25) is 4.79 Å². The summed E-state index contributed by atoms with van der Waals surface area (Å²) in [5.74, 6) is 0.658. The van der Waals surface area contributed by atoms with Crippen molar-refractivity contribution in [2.75, 3.05) is 0 Å². The third kappa shape index (κ3) is 1.22. The van der Waals surface area contributed by atoms with Crippen molar-refractivity contribution < 1.29 is 14.6 Å². The van der Waals surface area contributed by atoms with Gasteiger partial charge in [0.15, 0.2) is 0 Å². The highest BCUT2D eigenvalue weighted by Crippen LogP contribution is 2.37. The number of carbonyl (C=O) groups is 1. The maximum atomic E-state index is 10.9. The van der Waals surface area contributed by atoms with E-state index in [2.05, 4.69) is 6.92 Å². The predicted molar refractivity (Wildman–Crippen MR) is 42.4 cm³/mol. The Bertz CT molecular complexity index is 202. The molecule has 0 aromatic heterocycles. The van der Waals surface area contributed by atoms with E-state index in [0.29, 0.717) is 12.3 Å². The molecule has 3 nitrogen and oxygen atoms in total. The van der Waals surface area contributed by atoms with Gasteiger partial charge in [0, 0.05) is 5.92 Å². The number of aliphatic hydroxyl groups is 1. The highest BCUT2D eigenvalue weighted by molar-refractivity contribution is 5.72. The van der Waals surface area contributed by atoms with Gasteiger partial charge >= 0.3 is 5.97 Å².